The van der Waals surface area contributed by atoms with E-state index in [1.807, 2.05) is 59.7 Å². The van der Waals surface area contributed by atoms with Crippen LogP contribution in [0, 0.1) is 5.92 Å². The van der Waals surface area contributed by atoms with Gasteiger partial charge in [-0.1, -0.05) is 59.7 Å². The lowest BCUT2D eigenvalue weighted by atomic mass is 9.89. The van der Waals surface area contributed by atoms with Gasteiger partial charge < -0.3 is 28.4 Å². The van der Waals surface area contributed by atoms with E-state index in [9.17, 15) is 14.4 Å². The SMILES string of the molecule is CC[C@H]1O[C@@H](OCCOC(=O)Oc2c(C(C)C)cccc2C(C)C)[C@H](OC(C)=O)[C@@H](OC(C)=O)[C@@H]1C. The average Bonchev–Trinajstić information content (AvgIpc) is 2.79. The first-order valence-corrected chi connectivity index (χ1v) is 12.5. The molecular weight excluding hydrogens is 468 g/mol. The van der Waals surface area contributed by atoms with E-state index in [1.54, 1.807) is 0 Å². The molecule has 0 N–H and O–H groups in total. The van der Waals surface area contributed by atoms with Gasteiger partial charge >= 0.3 is 18.1 Å². The van der Waals surface area contributed by atoms with E-state index in [1.165, 1.54) is 13.8 Å². The highest BCUT2D eigenvalue weighted by Crippen LogP contribution is 2.35. The van der Waals surface area contributed by atoms with Crippen LogP contribution in [0.1, 0.15) is 84.8 Å². The zero-order chi connectivity index (χ0) is 27.0. The second-order valence-corrected chi connectivity index (χ2v) is 9.60. The molecule has 1 aromatic carbocycles. The van der Waals surface area contributed by atoms with E-state index in [2.05, 4.69) is 0 Å². The van der Waals surface area contributed by atoms with Crippen molar-refractivity contribution in [1.82, 2.24) is 0 Å². The number of esters is 2. The van der Waals surface area contributed by atoms with E-state index in [0.717, 1.165) is 11.1 Å². The van der Waals surface area contributed by atoms with Crippen LogP contribution in [0.2, 0.25) is 0 Å². The van der Waals surface area contributed by atoms with Gasteiger partial charge in [0.25, 0.3) is 0 Å². The van der Waals surface area contributed by atoms with Crippen LogP contribution < -0.4 is 4.74 Å². The van der Waals surface area contributed by atoms with Crippen LogP contribution in [-0.4, -0.2) is 55.9 Å². The summed E-state index contributed by atoms with van der Waals surface area (Å²) >= 11 is 0. The number of carbonyl (C=O) groups is 3. The molecule has 1 heterocycles. The van der Waals surface area contributed by atoms with Crippen molar-refractivity contribution in [3.05, 3.63) is 29.3 Å². The zero-order valence-corrected chi connectivity index (χ0v) is 22.6. The molecule has 1 fully saturated rings. The Morgan fingerprint density at radius 3 is 1.97 bits per heavy atom. The highest BCUT2D eigenvalue weighted by molar-refractivity contribution is 5.67. The largest absolute Gasteiger partial charge is 0.513 e. The Kier molecular flexibility index (Phi) is 11.2. The molecule has 0 amide bonds. The minimum atomic E-state index is -0.992. The van der Waals surface area contributed by atoms with E-state index in [4.69, 9.17) is 28.4 Å². The summed E-state index contributed by atoms with van der Waals surface area (Å²) in [5.41, 5.74) is 1.84. The molecule has 36 heavy (non-hydrogen) atoms. The standard InChI is InChI=1S/C27H40O9/c1-9-22-17(6)23(33-18(7)28)25(34-19(8)29)26(35-22)31-13-14-32-27(30)36-24-20(15(2)3)11-10-12-21(24)16(4)5/h10-12,15-17,22-23,25-26H,9,13-14H2,1-8H3/t17-,22-,23+,25-,26-/m1/s1. The summed E-state index contributed by atoms with van der Waals surface area (Å²) in [5, 5.41) is 0. The molecule has 2 rings (SSSR count). The second kappa shape index (κ2) is 13.6. The van der Waals surface area contributed by atoms with Gasteiger partial charge in [0.15, 0.2) is 12.4 Å². The van der Waals surface area contributed by atoms with Gasteiger partial charge in [-0.15, -0.1) is 0 Å². The Morgan fingerprint density at radius 1 is 0.917 bits per heavy atom. The topological polar surface area (TPSA) is 107 Å². The maximum absolute atomic E-state index is 12.5. The van der Waals surface area contributed by atoms with E-state index >= 15 is 0 Å². The first-order valence-electron chi connectivity index (χ1n) is 12.5. The number of ether oxygens (including phenoxy) is 6. The Hall–Kier alpha value is -2.65. The van der Waals surface area contributed by atoms with Crippen LogP contribution in [0.3, 0.4) is 0 Å². The summed E-state index contributed by atoms with van der Waals surface area (Å²) in [6.45, 7) is 14.3. The predicted octanol–water partition coefficient (Wildman–Crippen LogP) is 5.10. The van der Waals surface area contributed by atoms with Gasteiger partial charge in [-0.05, 0) is 29.4 Å². The Morgan fingerprint density at radius 2 is 1.47 bits per heavy atom. The first-order chi connectivity index (χ1) is 17.0. The molecule has 1 saturated heterocycles. The fourth-order valence-electron chi connectivity index (χ4n) is 4.32. The van der Waals surface area contributed by atoms with Crippen LogP contribution in [0.5, 0.6) is 5.75 Å². The average molecular weight is 509 g/mol. The molecule has 0 aromatic heterocycles. The molecule has 9 heteroatoms. The van der Waals surface area contributed by atoms with Gasteiger partial charge in [-0.25, -0.2) is 4.79 Å². The molecule has 1 aliphatic heterocycles. The molecule has 0 saturated carbocycles. The third-order valence-electron chi connectivity index (χ3n) is 6.10. The molecular formula is C27H40O9. The van der Waals surface area contributed by atoms with Crippen molar-refractivity contribution in [2.24, 2.45) is 5.92 Å². The molecule has 202 valence electrons. The molecule has 9 nitrogen and oxygen atoms in total. The van der Waals surface area contributed by atoms with Crippen LogP contribution in [0.25, 0.3) is 0 Å². The van der Waals surface area contributed by atoms with E-state index < -0.39 is 36.6 Å². The predicted molar refractivity (Wildman–Crippen MR) is 132 cm³/mol. The van der Waals surface area contributed by atoms with Crippen LogP contribution in [0.4, 0.5) is 4.79 Å². The van der Waals surface area contributed by atoms with Gasteiger partial charge in [0.1, 0.15) is 18.5 Å². The lowest BCUT2D eigenvalue weighted by Crippen LogP contribution is -2.57. The van der Waals surface area contributed by atoms with Gasteiger partial charge in [0, 0.05) is 19.8 Å². The summed E-state index contributed by atoms with van der Waals surface area (Å²) in [6, 6.07) is 5.82. The smallest absolute Gasteiger partial charge is 0.458 e. The van der Waals surface area contributed by atoms with Crippen molar-refractivity contribution in [2.75, 3.05) is 13.2 Å². The Bertz CT molecular complexity index is 869. The van der Waals surface area contributed by atoms with Gasteiger partial charge in [-0.3, -0.25) is 9.59 Å². The van der Waals surface area contributed by atoms with E-state index in [0.29, 0.717) is 12.2 Å². The lowest BCUT2D eigenvalue weighted by molar-refractivity contribution is -0.291. The summed E-state index contributed by atoms with van der Waals surface area (Å²) in [4.78, 5) is 35.9. The van der Waals surface area contributed by atoms with Crippen molar-refractivity contribution < 1.29 is 42.8 Å². The van der Waals surface area contributed by atoms with E-state index in [-0.39, 0.29) is 37.1 Å². The first kappa shape index (κ1) is 29.6. The lowest BCUT2D eigenvalue weighted by Gasteiger charge is -2.43. The summed E-state index contributed by atoms with van der Waals surface area (Å²) in [6.07, 6.45) is -3.16. The number of benzene rings is 1. The van der Waals surface area contributed by atoms with Crippen LogP contribution in [-0.2, 0) is 33.3 Å². The molecule has 5 atom stereocenters. The minimum absolute atomic E-state index is 0.0436. The monoisotopic (exact) mass is 508 g/mol. The molecule has 1 aromatic rings. The maximum atomic E-state index is 12.5. The fraction of sp³-hybridized carbons (Fsp3) is 0.667. The second-order valence-electron chi connectivity index (χ2n) is 9.60. The van der Waals surface area contributed by atoms with Crippen LogP contribution in [0.15, 0.2) is 18.2 Å². The molecule has 0 aliphatic carbocycles. The summed E-state index contributed by atoms with van der Waals surface area (Å²) in [7, 11) is 0. The number of hydrogen-bond donors (Lipinski definition) is 0. The fourth-order valence-corrected chi connectivity index (χ4v) is 4.32. The van der Waals surface area contributed by atoms with Gasteiger partial charge in [-0.2, -0.15) is 0 Å². The number of rotatable bonds is 10. The maximum Gasteiger partial charge on any atom is 0.513 e. The summed E-state index contributed by atoms with van der Waals surface area (Å²) in [5.74, 6) is -0.422. The van der Waals surface area contributed by atoms with Crippen molar-refractivity contribution in [3.8, 4) is 5.75 Å². The van der Waals surface area contributed by atoms with Crippen molar-refractivity contribution >= 4 is 18.1 Å². The van der Waals surface area contributed by atoms with Gasteiger partial charge in [0.2, 0.25) is 0 Å². The molecule has 0 bridgehead atoms. The summed E-state index contributed by atoms with van der Waals surface area (Å²) < 4.78 is 33.5. The molecule has 0 spiro atoms. The number of para-hydroxylation sites is 1. The third kappa shape index (κ3) is 7.93. The van der Waals surface area contributed by atoms with Gasteiger partial charge in [0.05, 0.1) is 12.7 Å². The third-order valence-corrected chi connectivity index (χ3v) is 6.10. The Labute approximate surface area is 213 Å². The quantitative estimate of drug-likeness (QED) is 0.185. The van der Waals surface area contributed by atoms with Crippen molar-refractivity contribution in [3.63, 3.8) is 0 Å². The zero-order valence-electron chi connectivity index (χ0n) is 22.6. The molecule has 0 radical (unpaired) electrons. The number of carbonyl (C=O) groups excluding carboxylic acids is 3. The highest BCUT2D eigenvalue weighted by atomic mass is 16.7. The Balaban J connectivity index is 2.03. The number of hydrogen-bond acceptors (Lipinski definition) is 9. The minimum Gasteiger partial charge on any atom is -0.458 e. The van der Waals surface area contributed by atoms with Crippen LogP contribution >= 0.6 is 0 Å². The highest BCUT2D eigenvalue weighted by Gasteiger charge is 2.47. The molecule has 1 aliphatic rings. The normalized spacial score (nSPS) is 23.9. The molecule has 0 unspecified atom stereocenters. The van der Waals surface area contributed by atoms with Crippen molar-refractivity contribution in [1.29, 1.82) is 0 Å². The van der Waals surface area contributed by atoms with Crippen molar-refractivity contribution in [2.45, 2.75) is 98.2 Å².